The van der Waals surface area contributed by atoms with Gasteiger partial charge in [0.05, 0.1) is 0 Å². The van der Waals surface area contributed by atoms with E-state index >= 15 is 0 Å². The topological polar surface area (TPSA) is 16.1 Å². The van der Waals surface area contributed by atoms with E-state index in [4.69, 9.17) is 0 Å². The van der Waals surface area contributed by atoms with Crippen LogP contribution in [0.1, 0.15) is 24.8 Å². The normalized spacial score (nSPS) is 16.4. The fourth-order valence-corrected chi connectivity index (χ4v) is 2.24. The quantitative estimate of drug-likeness (QED) is 0.772. The molecule has 1 fully saturated rings. The van der Waals surface area contributed by atoms with Gasteiger partial charge >= 0.3 is 0 Å². The van der Waals surface area contributed by atoms with E-state index in [1.165, 1.54) is 24.8 Å². The van der Waals surface area contributed by atoms with Gasteiger partial charge in [-0.1, -0.05) is 22.0 Å². The number of hydrogen-bond acceptors (Lipinski definition) is 2. The summed E-state index contributed by atoms with van der Waals surface area (Å²) in [7, 11) is 2.15. The maximum Gasteiger partial charge on any atom is 0.132 e. The van der Waals surface area contributed by atoms with E-state index in [0.717, 1.165) is 11.1 Å². The lowest BCUT2D eigenvalue weighted by molar-refractivity contribution is 0.399. The molecule has 0 amide bonds. The molecule has 1 aliphatic carbocycles. The fraction of sp³-hybridized carbons (Fsp3) is 0.545. The van der Waals surface area contributed by atoms with E-state index in [9.17, 15) is 0 Å². The van der Waals surface area contributed by atoms with Crippen LogP contribution < -0.4 is 4.90 Å². The van der Waals surface area contributed by atoms with Crippen molar-refractivity contribution >= 4 is 21.7 Å². The van der Waals surface area contributed by atoms with Crippen LogP contribution in [-0.4, -0.2) is 18.1 Å². The summed E-state index contributed by atoms with van der Waals surface area (Å²) in [5, 5.41) is 0.882. The molecule has 14 heavy (non-hydrogen) atoms. The van der Waals surface area contributed by atoms with Crippen molar-refractivity contribution in [1.82, 2.24) is 4.98 Å². The van der Waals surface area contributed by atoms with Gasteiger partial charge in [0, 0.05) is 30.2 Å². The van der Waals surface area contributed by atoms with Gasteiger partial charge in [-0.05, 0) is 25.3 Å². The van der Waals surface area contributed by atoms with Crippen LogP contribution in [0.5, 0.6) is 0 Å². The fourth-order valence-electron chi connectivity index (χ4n) is 1.80. The average Bonchev–Trinajstić information content (AvgIpc) is 2.15. The summed E-state index contributed by atoms with van der Waals surface area (Å²) in [5.41, 5.74) is 1.28. The van der Waals surface area contributed by atoms with Gasteiger partial charge in [-0.25, -0.2) is 4.98 Å². The van der Waals surface area contributed by atoms with E-state index in [1.807, 2.05) is 12.3 Å². The third-order valence-corrected chi connectivity index (χ3v) is 3.57. The Kier molecular flexibility index (Phi) is 3.06. The smallest absolute Gasteiger partial charge is 0.132 e. The van der Waals surface area contributed by atoms with Crippen LogP contribution in [0.15, 0.2) is 18.3 Å². The zero-order valence-electron chi connectivity index (χ0n) is 8.41. The van der Waals surface area contributed by atoms with Gasteiger partial charge in [-0.2, -0.15) is 0 Å². The SMILES string of the molecule is CN(c1ncccc1CBr)C1CCC1. The number of nitrogens with zero attached hydrogens (tertiary/aromatic N) is 2. The first kappa shape index (κ1) is 9.97. The highest BCUT2D eigenvalue weighted by molar-refractivity contribution is 9.08. The Hall–Kier alpha value is -0.570. The molecule has 1 aromatic rings. The van der Waals surface area contributed by atoms with Gasteiger partial charge in [0.15, 0.2) is 0 Å². The zero-order valence-corrected chi connectivity index (χ0v) is 10.00. The Bertz CT molecular complexity index is 310. The van der Waals surface area contributed by atoms with Gasteiger partial charge in [0.1, 0.15) is 5.82 Å². The molecule has 1 aromatic heterocycles. The number of pyridine rings is 1. The second-order valence-electron chi connectivity index (χ2n) is 3.82. The average molecular weight is 255 g/mol. The molecular weight excluding hydrogens is 240 g/mol. The van der Waals surface area contributed by atoms with Gasteiger partial charge < -0.3 is 4.90 Å². The van der Waals surface area contributed by atoms with Gasteiger partial charge in [0.25, 0.3) is 0 Å². The molecule has 0 N–H and O–H groups in total. The van der Waals surface area contributed by atoms with E-state index in [-0.39, 0.29) is 0 Å². The summed E-state index contributed by atoms with van der Waals surface area (Å²) in [6.07, 6.45) is 5.87. The molecule has 76 valence electrons. The minimum atomic E-state index is 0.711. The second-order valence-corrected chi connectivity index (χ2v) is 4.38. The Balaban J connectivity index is 2.20. The van der Waals surface area contributed by atoms with Crippen molar-refractivity contribution in [2.75, 3.05) is 11.9 Å². The van der Waals surface area contributed by atoms with E-state index in [0.29, 0.717) is 6.04 Å². The molecule has 0 spiro atoms. The highest BCUT2D eigenvalue weighted by Crippen LogP contribution is 2.29. The van der Waals surface area contributed by atoms with Crippen molar-refractivity contribution < 1.29 is 0 Å². The number of hydrogen-bond donors (Lipinski definition) is 0. The lowest BCUT2D eigenvalue weighted by atomic mass is 9.92. The predicted octanol–water partition coefficient (Wildman–Crippen LogP) is 2.97. The highest BCUT2D eigenvalue weighted by atomic mass is 79.9. The minimum Gasteiger partial charge on any atom is -0.356 e. The Morgan fingerprint density at radius 3 is 2.93 bits per heavy atom. The van der Waals surface area contributed by atoms with Gasteiger partial charge in [-0.15, -0.1) is 0 Å². The number of anilines is 1. The van der Waals surface area contributed by atoms with E-state index in [1.54, 1.807) is 0 Å². The third kappa shape index (κ3) is 1.78. The molecule has 1 aliphatic rings. The van der Waals surface area contributed by atoms with Crippen LogP contribution in [0, 0.1) is 0 Å². The van der Waals surface area contributed by atoms with Crippen molar-refractivity contribution in [3.05, 3.63) is 23.9 Å². The Labute approximate surface area is 93.5 Å². The largest absolute Gasteiger partial charge is 0.356 e. The molecule has 3 heteroatoms. The monoisotopic (exact) mass is 254 g/mol. The number of rotatable bonds is 3. The first-order valence-corrected chi connectivity index (χ1v) is 6.17. The molecular formula is C11H15BrN2. The van der Waals surface area contributed by atoms with Crippen LogP contribution >= 0.6 is 15.9 Å². The molecule has 1 heterocycles. The number of aromatic nitrogens is 1. The molecule has 0 radical (unpaired) electrons. The predicted molar refractivity (Wildman–Crippen MR) is 62.9 cm³/mol. The van der Waals surface area contributed by atoms with Crippen molar-refractivity contribution in [1.29, 1.82) is 0 Å². The standard InChI is InChI=1S/C11H15BrN2/c1-14(10-5-2-6-10)11-9(8-12)4-3-7-13-11/h3-4,7,10H,2,5-6,8H2,1H3. The number of alkyl halides is 1. The lowest BCUT2D eigenvalue weighted by Crippen LogP contribution is -2.38. The Morgan fingerprint density at radius 2 is 2.36 bits per heavy atom. The minimum absolute atomic E-state index is 0.711. The summed E-state index contributed by atoms with van der Waals surface area (Å²) in [6, 6.07) is 4.84. The maximum absolute atomic E-state index is 4.45. The van der Waals surface area contributed by atoms with Crippen molar-refractivity contribution in [3.63, 3.8) is 0 Å². The summed E-state index contributed by atoms with van der Waals surface area (Å²) in [5.74, 6) is 1.13. The highest BCUT2D eigenvalue weighted by Gasteiger charge is 2.23. The second kappa shape index (κ2) is 4.30. The summed E-state index contributed by atoms with van der Waals surface area (Å²) >= 11 is 3.50. The van der Waals surface area contributed by atoms with Crippen LogP contribution in [0.2, 0.25) is 0 Å². The maximum atomic E-state index is 4.45. The third-order valence-electron chi connectivity index (χ3n) is 2.97. The zero-order chi connectivity index (χ0) is 9.97. The summed E-state index contributed by atoms with van der Waals surface area (Å²) in [6.45, 7) is 0. The molecule has 1 saturated carbocycles. The first-order chi connectivity index (χ1) is 6.83. The van der Waals surface area contributed by atoms with E-state index < -0.39 is 0 Å². The van der Waals surface area contributed by atoms with Crippen LogP contribution in [-0.2, 0) is 5.33 Å². The molecule has 0 aliphatic heterocycles. The molecule has 0 unspecified atom stereocenters. The van der Waals surface area contributed by atoms with Crippen LogP contribution in [0.3, 0.4) is 0 Å². The lowest BCUT2D eigenvalue weighted by Gasteiger charge is -2.36. The molecule has 0 saturated heterocycles. The van der Waals surface area contributed by atoms with Gasteiger partial charge in [-0.3, -0.25) is 0 Å². The molecule has 2 rings (SSSR count). The van der Waals surface area contributed by atoms with E-state index in [2.05, 4.69) is 38.9 Å². The first-order valence-electron chi connectivity index (χ1n) is 5.05. The summed E-state index contributed by atoms with van der Waals surface area (Å²) < 4.78 is 0. The molecule has 0 atom stereocenters. The Morgan fingerprint density at radius 1 is 1.57 bits per heavy atom. The number of halogens is 1. The van der Waals surface area contributed by atoms with Crippen LogP contribution in [0.4, 0.5) is 5.82 Å². The molecule has 0 bridgehead atoms. The molecule has 0 aromatic carbocycles. The molecule has 2 nitrogen and oxygen atoms in total. The summed E-state index contributed by atoms with van der Waals surface area (Å²) in [4.78, 5) is 6.77. The van der Waals surface area contributed by atoms with Crippen molar-refractivity contribution in [2.45, 2.75) is 30.6 Å². The van der Waals surface area contributed by atoms with Crippen molar-refractivity contribution in [3.8, 4) is 0 Å². The van der Waals surface area contributed by atoms with Crippen LogP contribution in [0.25, 0.3) is 0 Å². The van der Waals surface area contributed by atoms with Gasteiger partial charge in [0.2, 0.25) is 0 Å². The van der Waals surface area contributed by atoms with Crippen molar-refractivity contribution in [2.24, 2.45) is 0 Å².